The molecule has 0 bridgehead atoms. The lowest BCUT2D eigenvalue weighted by Gasteiger charge is -2.19. The molecule has 0 aliphatic rings. The van der Waals surface area contributed by atoms with E-state index in [4.69, 9.17) is 0 Å². The molecule has 0 spiro atoms. The van der Waals surface area contributed by atoms with Crippen molar-refractivity contribution in [2.24, 2.45) is 0 Å². The number of alkyl halides is 2. The lowest BCUT2D eigenvalue weighted by molar-refractivity contribution is -0.116. The zero-order valence-corrected chi connectivity index (χ0v) is 12.9. The van der Waals surface area contributed by atoms with Crippen molar-refractivity contribution in [2.45, 2.75) is 36.3 Å². The molecular weight excluding hydrogens is 332 g/mol. The first-order valence-corrected chi connectivity index (χ1v) is 7.04. The van der Waals surface area contributed by atoms with Crippen LogP contribution in [0.25, 0.3) is 0 Å². The number of rotatable bonds is 3. The van der Waals surface area contributed by atoms with E-state index in [1.807, 2.05) is 12.1 Å². The second-order valence-corrected chi connectivity index (χ2v) is 7.95. The lowest BCUT2D eigenvalue weighted by atomic mass is 9.86. The molecule has 0 atom stereocenters. The fraction of sp³-hybridized carbons (Fsp3) is 0.462. The Morgan fingerprint density at radius 2 is 1.69 bits per heavy atom. The molecule has 0 saturated carbocycles. The maximum absolute atomic E-state index is 11.5. The van der Waals surface area contributed by atoms with Crippen LogP contribution in [0.3, 0.4) is 0 Å². The summed E-state index contributed by atoms with van der Waals surface area (Å²) in [6.07, 6.45) is 0.464. The second-order valence-electron chi connectivity index (χ2n) is 4.89. The molecule has 1 rings (SSSR count). The van der Waals surface area contributed by atoms with Gasteiger partial charge in [-0.1, -0.05) is 76.9 Å². The fourth-order valence-corrected chi connectivity index (χ4v) is 1.72. The summed E-state index contributed by atoms with van der Waals surface area (Å²) in [6.45, 7) is 6.54. The minimum atomic E-state index is -0.248. The molecule has 0 N–H and O–H groups in total. The van der Waals surface area contributed by atoms with Gasteiger partial charge in [-0.15, -0.1) is 0 Å². The van der Waals surface area contributed by atoms with E-state index in [-0.39, 0.29) is 14.9 Å². The Labute approximate surface area is 114 Å². The molecule has 0 unspecified atom stereocenters. The number of Topliss-reactive ketones (excluding diaryl/α,β-unsaturated/α-hetero) is 1. The predicted molar refractivity (Wildman–Crippen MR) is 75.5 cm³/mol. The summed E-state index contributed by atoms with van der Waals surface area (Å²) in [6, 6.07) is 8.25. The highest BCUT2D eigenvalue weighted by molar-refractivity contribution is 9.25. The average molecular weight is 348 g/mol. The van der Waals surface area contributed by atoms with Crippen molar-refractivity contribution < 1.29 is 4.79 Å². The standard InChI is InChI=1S/C13H16Br2O/c1-13(2,3)10-6-4-9(5-7-10)8-11(16)12(14)15/h4-7,12H,8H2,1-3H3. The molecule has 0 aliphatic heterocycles. The molecule has 88 valence electrons. The zero-order valence-electron chi connectivity index (χ0n) is 9.76. The van der Waals surface area contributed by atoms with Gasteiger partial charge in [0.1, 0.15) is 3.74 Å². The third-order valence-electron chi connectivity index (χ3n) is 2.44. The zero-order chi connectivity index (χ0) is 12.3. The van der Waals surface area contributed by atoms with Crippen LogP contribution in [0, 0.1) is 0 Å². The Balaban J connectivity index is 2.76. The summed E-state index contributed by atoms with van der Waals surface area (Å²) >= 11 is 6.42. The molecule has 1 aromatic rings. The Bertz CT molecular complexity index is 361. The third-order valence-corrected chi connectivity index (χ3v) is 3.46. The van der Waals surface area contributed by atoms with Gasteiger partial charge >= 0.3 is 0 Å². The molecule has 0 amide bonds. The van der Waals surface area contributed by atoms with Crippen molar-refractivity contribution in [2.75, 3.05) is 0 Å². The number of ketones is 1. The fourth-order valence-electron chi connectivity index (χ4n) is 1.40. The largest absolute Gasteiger partial charge is 0.297 e. The number of hydrogen-bond donors (Lipinski definition) is 0. The molecule has 1 nitrogen and oxygen atoms in total. The van der Waals surface area contributed by atoms with E-state index in [1.165, 1.54) is 5.56 Å². The highest BCUT2D eigenvalue weighted by Gasteiger charge is 2.14. The van der Waals surface area contributed by atoms with E-state index in [9.17, 15) is 4.79 Å². The summed E-state index contributed by atoms with van der Waals surface area (Å²) in [4.78, 5) is 11.5. The minimum absolute atomic E-state index is 0.142. The normalized spacial score (nSPS) is 11.9. The monoisotopic (exact) mass is 346 g/mol. The van der Waals surface area contributed by atoms with Crippen LogP contribution in [-0.4, -0.2) is 9.52 Å². The molecule has 1 aromatic carbocycles. The van der Waals surface area contributed by atoms with Gasteiger partial charge in [-0.05, 0) is 16.5 Å². The maximum Gasteiger partial charge on any atom is 0.161 e. The Morgan fingerprint density at radius 1 is 1.19 bits per heavy atom. The van der Waals surface area contributed by atoms with Gasteiger partial charge in [0.15, 0.2) is 5.78 Å². The molecule has 16 heavy (non-hydrogen) atoms. The first-order valence-electron chi connectivity index (χ1n) is 5.21. The van der Waals surface area contributed by atoms with E-state index < -0.39 is 0 Å². The molecule has 0 aliphatic carbocycles. The Morgan fingerprint density at radius 3 is 2.06 bits per heavy atom. The molecule has 0 radical (unpaired) electrons. The van der Waals surface area contributed by atoms with Crippen LogP contribution in [0.4, 0.5) is 0 Å². The number of halogens is 2. The first-order chi connectivity index (χ1) is 7.30. The lowest BCUT2D eigenvalue weighted by Crippen LogP contribution is -2.12. The van der Waals surface area contributed by atoms with Gasteiger partial charge in [0.25, 0.3) is 0 Å². The van der Waals surface area contributed by atoms with E-state index in [1.54, 1.807) is 0 Å². The van der Waals surface area contributed by atoms with Gasteiger partial charge in [-0.2, -0.15) is 0 Å². The van der Waals surface area contributed by atoms with E-state index >= 15 is 0 Å². The van der Waals surface area contributed by atoms with Crippen LogP contribution in [0.2, 0.25) is 0 Å². The van der Waals surface area contributed by atoms with Gasteiger partial charge in [0, 0.05) is 6.42 Å². The quantitative estimate of drug-likeness (QED) is 0.748. The number of carbonyl (C=O) groups is 1. The van der Waals surface area contributed by atoms with Gasteiger partial charge in [-0.3, -0.25) is 4.79 Å². The smallest absolute Gasteiger partial charge is 0.161 e. The highest BCUT2D eigenvalue weighted by atomic mass is 79.9. The van der Waals surface area contributed by atoms with Crippen LogP contribution in [-0.2, 0) is 16.6 Å². The summed E-state index contributed by atoms with van der Waals surface area (Å²) in [5.41, 5.74) is 2.51. The van der Waals surface area contributed by atoms with Crippen LogP contribution in [0.1, 0.15) is 31.9 Å². The number of carbonyl (C=O) groups excluding carboxylic acids is 1. The summed E-state index contributed by atoms with van der Waals surface area (Å²) < 4.78 is -0.248. The van der Waals surface area contributed by atoms with Crippen molar-refractivity contribution in [3.05, 3.63) is 35.4 Å². The topological polar surface area (TPSA) is 17.1 Å². The maximum atomic E-state index is 11.5. The average Bonchev–Trinajstić information content (AvgIpc) is 2.17. The molecule has 3 heteroatoms. The SMILES string of the molecule is CC(C)(C)c1ccc(CC(=O)C(Br)Br)cc1. The molecule has 0 heterocycles. The number of benzene rings is 1. The van der Waals surface area contributed by atoms with Crippen molar-refractivity contribution in [1.82, 2.24) is 0 Å². The first kappa shape index (κ1) is 13.9. The summed E-state index contributed by atoms with van der Waals surface area (Å²) in [5.74, 6) is 0.142. The van der Waals surface area contributed by atoms with Crippen LogP contribution >= 0.6 is 31.9 Å². The highest BCUT2D eigenvalue weighted by Crippen LogP contribution is 2.22. The molecular formula is C13H16Br2O. The van der Waals surface area contributed by atoms with Gasteiger partial charge in [-0.25, -0.2) is 0 Å². The van der Waals surface area contributed by atoms with Crippen LogP contribution in [0.15, 0.2) is 24.3 Å². The second kappa shape index (κ2) is 5.46. The van der Waals surface area contributed by atoms with E-state index in [2.05, 4.69) is 64.8 Å². The number of hydrogen-bond acceptors (Lipinski definition) is 1. The molecule has 0 aromatic heterocycles. The minimum Gasteiger partial charge on any atom is -0.297 e. The summed E-state index contributed by atoms with van der Waals surface area (Å²) in [7, 11) is 0. The van der Waals surface area contributed by atoms with E-state index in [0.29, 0.717) is 6.42 Å². The summed E-state index contributed by atoms with van der Waals surface area (Å²) in [5, 5.41) is 0. The molecule has 0 fully saturated rings. The third kappa shape index (κ3) is 4.02. The van der Waals surface area contributed by atoms with Crippen molar-refractivity contribution in [3.63, 3.8) is 0 Å². The van der Waals surface area contributed by atoms with Crippen LogP contribution < -0.4 is 0 Å². The van der Waals surface area contributed by atoms with Crippen molar-refractivity contribution in [1.29, 1.82) is 0 Å². The van der Waals surface area contributed by atoms with Crippen LogP contribution in [0.5, 0.6) is 0 Å². The Hall–Kier alpha value is -0.150. The van der Waals surface area contributed by atoms with Gasteiger partial charge < -0.3 is 0 Å². The van der Waals surface area contributed by atoms with Crippen molar-refractivity contribution >= 4 is 37.6 Å². The predicted octanol–water partition coefficient (Wildman–Crippen LogP) is 4.21. The Kier molecular flexibility index (Phi) is 4.74. The molecule has 0 saturated heterocycles. The van der Waals surface area contributed by atoms with E-state index in [0.717, 1.165) is 5.56 Å². The van der Waals surface area contributed by atoms with Gasteiger partial charge in [0.2, 0.25) is 0 Å². The van der Waals surface area contributed by atoms with Crippen molar-refractivity contribution in [3.8, 4) is 0 Å². The van der Waals surface area contributed by atoms with Gasteiger partial charge in [0.05, 0.1) is 0 Å².